The first-order valence-corrected chi connectivity index (χ1v) is 6.58. The van der Waals surface area contributed by atoms with Gasteiger partial charge in [-0.3, -0.25) is 9.67 Å². The molecule has 0 atom stereocenters. The maximum atomic E-state index is 6.21. The lowest BCUT2D eigenvalue weighted by molar-refractivity contribution is 0.415. The van der Waals surface area contributed by atoms with E-state index in [-0.39, 0.29) is 0 Å². The van der Waals surface area contributed by atoms with E-state index in [0.29, 0.717) is 5.82 Å². The SMILES string of the molecule is COc1cccc(-c2c(-c3ccncc3)nn(C)c2N)c1. The second-order valence-electron chi connectivity index (χ2n) is 4.70. The summed E-state index contributed by atoms with van der Waals surface area (Å²) in [5.74, 6) is 1.41. The number of hydrogen-bond acceptors (Lipinski definition) is 4. The second-order valence-corrected chi connectivity index (χ2v) is 4.70. The zero-order chi connectivity index (χ0) is 14.8. The summed E-state index contributed by atoms with van der Waals surface area (Å²) in [5, 5.41) is 4.54. The van der Waals surface area contributed by atoms with Crippen LogP contribution in [0.15, 0.2) is 48.8 Å². The summed E-state index contributed by atoms with van der Waals surface area (Å²) in [7, 11) is 3.49. The molecule has 3 aromatic rings. The fourth-order valence-electron chi connectivity index (χ4n) is 2.31. The van der Waals surface area contributed by atoms with Gasteiger partial charge in [-0.05, 0) is 29.8 Å². The van der Waals surface area contributed by atoms with Crippen LogP contribution in [0.25, 0.3) is 22.4 Å². The van der Waals surface area contributed by atoms with E-state index >= 15 is 0 Å². The first-order valence-electron chi connectivity index (χ1n) is 6.58. The summed E-state index contributed by atoms with van der Waals surface area (Å²) < 4.78 is 6.98. The molecule has 0 amide bonds. The first-order chi connectivity index (χ1) is 10.2. The monoisotopic (exact) mass is 280 g/mol. The van der Waals surface area contributed by atoms with Gasteiger partial charge in [0.05, 0.1) is 12.7 Å². The first kappa shape index (κ1) is 13.2. The molecule has 2 aromatic heterocycles. The zero-order valence-electron chi connectivity index (χ0n) is 11.9. The van der Waals surface area contributed by atoms with Gasteiger partial charge in [-0.1, -0.05) is 12.1 Å². The van der Waals surface area contributed by atoms with E-state index in [1.807, 2.05) is 43.4 Å². The van der Waals surface area contributed by atoms with Gasteiger partial charge >= 0.3 is 0 Å². The van der Waals surface area contributed by atoms with Crippen molar-refractivity contribution in [2.75, 3.05) is 12.8 Å². The van der Waals surface area contributed by atoms with Gasteiger partial charge in [-0.2, -0.15) is 5.10 Å². The molecule has 1 aromatic carbocycles. The number of anilines is 1. The van der Waals surface area contributed by atoms with E-state index in [4.69, 9.17) is 10.5 Å². The topological polar surface area (TPSA) is 66.0 Å². The predicted octanol–water partition coefficient (Wildman–Crippen LogP) is 2.74. The van der Waals surface area contributed by atoms with Crippen molar-refractivity contribution in [2.45, 2.75) is 0 Å². The molecule has 0 fully saturated rings. The summed E-state index contributed by atoms with van der Waals surface area (Å²) >= 11 is 0. The zero-order valence-corrected chi connectivity index (χ0v) is 11.9. The van der Waals surface area contributed by atoms with Crippen LogP contribution >= 0.6 is 0 Å². The van der Waals surface area contributed by atoms with Crippen LogP contribution in [0, 0.1) is 0 Å². The number of nitrogen functional groups attached to an aromatic ring is 1. The molecular formula is C16H16N4O. The van der Waals surface area contributed by atoms with E-state index in [1.165, 1.54) is 0 Å². The number of methoxy groups -OCH3 is 1. The largest absolute Gasteiger partial charge is 0.497 e. The molecule has 0 aliphatic carbocycles. The van der Waals surface area contributed by atoms with Gasteiger partial charge in [-0.15, -0.1) is 0 Å². The third-order valence-corrected chi connectivity index (χ3v) is 3.40. The number of ether oxygens (including phenoxy) is 1. The summed E-state index contributed by atoms with van der Waals surface area (Å²) in [5.41, 5.74) is 9.91. The summed E-state index contributed by atoms with van der Waals surface area (Å²) in [6.07, 6.45) is 3.49. The van der Waals surface area contributed by atoms with Gasteiger partial charge in [0.25, 0.3) is 0 Å². The van der Waals surface area contributed by atoms with Crippen molar-refractivity contribution in [1.82, 2.24) is 14.8 Å². The van der Waals surface area contributed by atoms with E-state index in [1.54, 1.807) is 24.2 Å². The minimum Gasteiger partial charge on any atom is -0.497 e. The molecule has 0 aliphatic heterocycles. The molecule has 106 valence electrons. The fraction of sp³-hybridized carbons (Fsp3) is 0.125. The lowest BCUT2D eigenvalue weighted by atomic mass is 10.0. The highest BCUT2D eigenvalue weighted by Crippen LogP contribution is 2.36. The summed E-state index contributed by atoms with van der Waals surface area (Å²) in [4.78, 5) is 4.04. The quantitative estimate of drug-likeness (QED) is 0.801. The van der Waals surface area contributed by atoms with Crippen molar-refractivity contribution in [3.63, 3.8) is 0 Å². The predicted molar refractivity (Wildman–Crippen MR) is 82.8 cm³/mol. The normalized spacial score (nSPS) is 10.6. The molecule has 21 heavy (non-hydrogen) atoms. The van der Waals surface area contributed by atoms with E-state index in [9.17, 15) is 0 Å². The highest BCUT2D eigenvalue weighted by Gasteiger charge is 2.17. The average molecular weight is 280 g/mol. The number of nitrogens with two attached hydrogens (primary N) is 1. The number of aromatic nitrogens is 3. The maximum Gasteiger partial charge on any atom is 0.129 e. The van der Waals surface area contributed by atoms with Crippen molar-refractivity contribution >= 4 is 5.82 Å². The highest BCUT2D eigenvalue weighted by molar-refractivity contribution is 5.88. The standard InChI is InChI=1S/C16H16N4O/c1-20-16(17)14(12-4-3-5-13(10-12)21-2)15(19-20)11-6-8-18-9-7-11/h3-10H,17H2,1-2H3. The molecule has 5 heteroatoms. The van der Waals surface area contributed by atoms with Gasteiger partial charge in [0.1, 0.15) is 17.3 Å². The Labute approximate surface area is 123 Å². The van der Waals surface area contributed by atoms with Crippen molar-refractivity contribution in [3.05, 3.63) is 48.8 Å². The Morgan fingerprint density at radius 3 is 2.57 bits per heavy atom. The fourth-order valence-corrected chi connectivity index (χ4v) is 2.31. The Morgan fingerprint density at radius 2 is 1.86 bits per heavy atom. The number of aryl methyl sites for hydroxylation is 1. The van der Waals surface area contributed by atoms with Gasteiger partial charge in [0, 0.05) is 25.0 Å². The average Bonchev–Trinajstić information content (AvgIpc) is 2.84. The van der Waals surface area contributed by atoms with Crippen molar-refractivity contribution in [1.29, 1.82) is 0 Å². The van der Waals surface area contributed by atoms with Gasteiger partial charge in [0.15, 0.2) is 0 Å². The molecule has 3 rings (SSSR count). The van der Waals surface area contributed by atoms with Crippen LogP contribution in [0.3, 0.4) is 0 Å². The minimum atomic E-state index is 0.620. The number of nitrogens with zero attached hydrogens (tertiary/aromatic N) is 3. The Bertz CT molecular complexity index is 765. The van der Waals surface area contributed by atoms with Gasteiger partial charge < -0.3 is 10.5 Å². The lowest BCUT2D eigenvalue weighted by Crippen LogP contribution is -1.98. The second kappa shape index (κ2) is 5.28. The number of hydrogen-bond donors (Lipinski definition) is 1. The van der Waals surface area contributed by atoms with Crippen molar-refractivity contribution in [2.24, 2.45) is 7.05 Å². The van der Waals surface area contributed by atoms with E-state index in [0.717, 1.165) is 28.1 Å². The number of benzene rings is 1. The number of pyridine rings is 1. The third kappa shape index (κ3) is 2.33. The summed E-state index contributed by atoms with van der Waals surface area (Å²) in [6, 6.07) is 11.6. The van der Waals surface area contributed by atoms with Crippen LogP contribution in [0.5, 0.6) is 5.75 Å². The van der Waals surface area contributed by atoms with Crippen LogP contribution in [0.2, 0.25) is 0 Å². The Kier molecular flexibility index (Phi) is 3.31. The molecule has 0 saturated heterocycles. The summed E-state index contributed by atoms with van der Waals surface area (Å²) in [6.45, 7) is 0. The molecular weight excluding hydrogens is 264 g/mol. The molecule has 0 bridgehead atoms. The third-order valence-electron chi connectivity index (χ3n) is 3.40. The van der Waals surface area contributed by atoms with Crippen LogP contribution in [0.1, 0.15) is 0 Å². The van der Waals surface area contributed by atoms with Gasteiger partial charge in [0.2, 0.25) is 0 Å². The molecule has 0 unspecified atom stereocenters. The molecule has 0 radical (unpaired) electrons. The van der Waals surface area contributed by atoms with Gasteiger partial charge in [-0.25, -0.2) is 0 Å². The molecule has 0 saturated carbocycles. The number of rotatable bonds is 3. The smallest absolute Gasteiger partial charge is 0.129 e. The molecule has 0 aliphatic rings. The van der Waals surface area contributed by atoms with Crippen LogP contribution < -0.4 is 10.5 Å². The van der Waals surface area contributed by atoms with Crippen LogP contribution in [-0.2, 0) is 7.05 Å². The Balaban J connectivity index is 2.22. The molecule has 5 nitrogen and oxygen atoms in total. The van der Waals surface area contributed by atoms with Crippen molar-refractivity contribution < 1.29 is 4.74 Å². The maximum absolute atomic E-state index is 6.21. The lowest BCUT2D eigenvalue weighted by Gasteiger charge is -2.06. The minimum absolute atomic E-state index is 0.620. The van der Waals surface area contributed by atoms with Crippen molar-refractivity contribution in [3.8, 4) is 28.1 Å². The van der Waals surface area contributed by atoms with Crippen LogP contribution in [0.4, 0.5) is 5.82 Å². The van der Waals surface area contributed by atoms with E-state index in [2.05, 4.69) is 10.1 Å². The molecule has 2 heterocycles. The van der Waals surface area contributed by atoms with E-state index < -0.39 is 0 Å². The Morgan fingerprint density at radius 1 is 1.10 bits per heavy atom. The molecule has 2 N–H and O–H groups in total. The highest BCUT2D eigenvalue weighted by atomic mass is 16.5. The molecule has 0 spiro atoms. The van der Waals surface area contributed by atoms with Crippen LogP contribution in [-0.4, -0.2) is 21.9 Å². The Hall–Kier alpha value is -2.82.